The van der Waals surface area contributed by atoms with Gasteiger partial charge in [-0.1, -0.05) is 24.3 Å². The van der Waals surface area contributed by atoms with Gasteiger partial charge in [-0.05, 0) is 38.1 Å². The van der Waals surface area contributed by atoms with E-state index in [1.54, 1.807) is 0 Å². The molecule has 21 heavy (non-hydrogen) atoms. The van der Waals surface area contributed by atoms with E-state index in [-0.39, 0.29) is 0 Å². The van der Waals surface area contributed by atoms with E-state index in [1.807, 2.05) is 62.4 Å². The fourth-order valence-electron chi connectivity index (χ4n) is 1.77. The number of hydrogen-bond acceptors (Lipinski definition) is 4. The Bertz CT molecular complexity index is 510. The highest BCUT2D eigenvalue weighted by Crippen LogP contribution is 2.28. The Hall–Kier alpha value is -2.30. The predicted molar refractivity (Wildman–Crippen MR) is 82.2 cm³/mol. The minimum Gasteiger partial charge on any atom is -0.524 e. The van der Waals surface area contributed by atoms with E-state index in [4.69, 9.17) is 18.8 Å². The van der Waals surface area contributed by atoms with Crippen LogP contribution in [0.5, 0.6) is 23.0 Å². The van der Waals surface area contributed by atoms with E-state index < -0.39 is 0 Å². The minimum atomic E-state index is 0.578. The van der Waals surface area contributed by atoms with Crippen LogP contribution < -0.4 is 18.8 Å². The Morgan fingerprint density at radius 2 is 1.05 bits per heavy atom. The van der Waals surface area contributed by atoms with E-state index in [0.717, 1.165) is 0 Å². The van der Waals surface area contributed by atoms with Gasteiger partial charge < -0.3 is 18.8 Å². The first-order valence-corrected chi connectivity index (χ1v) is 6.93. The number of hydrogen-bond donors (Lipinski definition) is 0. The number of para-hydroxylation sites is 4. The maximum atomic E-state index is 5.50. The maximum absolute atomic E-state index is 5.50. The Kier molecular flexibility index (Phi) is 5.82. The molecule has 0 heterocycles. The van der Waals surface area contributed by atoms with Crippen molar-refractivity contribution in [1.82, 2.24) is 0 Å². The van der Waals surface area contributed by atoms with Gasteiger partial charge in [0.05, 0.1) is 13.2 Å². The number of rotatable bonds is 8. The summed E-state index contributed by atoms with van der Waals surface area (Å²) in [5.41, 5.74) is 0. The molecule has 1 radical (unpaired) electrons. The largest absolute Gasteiger partial charge is 0.658 e. The summed E-state index contributed by atoms with van der Waals surface area (Å²) in [6.07, 6.45) is 0. The lowest BCUT2D eigenvalue weighted by atomic mass is 10.2. The fraction of sp³-hybridized carbons (Fsp3) is 0.250. The van der Waals surface area contributed by atoms with Crippen LogP contribution in [0.1, 0.15) is 13.8 Å². The lowest BCUT2D eigenvalue weighted by Crippen LogP contribution is -2.12. The SMILES string of the molecule is CCOc1ccccc1O[B]Oc1ccccc1OCC. The summed E-state index contributed by atoms with van der Waals surface area (Å²) < 4.78 is 22.0. The first kappa shape index (κ1) is 15.1. The third-order valence-corrected chi connectivity index (χ3v) is 2.65. The van der Waals surface area contributed by atoms with Crippen LogP contribution >= 0.6 is 0 Å². The third-order valence-electron chi connectivity index (χ3n) is 2.65. The van der Waals surface area contributed by atoms with Gasteiger partial charge in [0, 0.05) is 0 Å². The van der Waals surface area contributed by atoms with Crippen LogP contribution in [0.15, 0.2) is 48.5 Å². The summed E-state index contributed by atoms with van der Waals surface area (Å²) in [7, 11) is 1.27. The van der Waals surface area contributed by atoms with Crippen LogP contribution in [0.4, 0.5) is 0 Å². The third kappa shape index (κ3) is 4.34. The lowest BCUT2D eigenvalue weighted by molar-refractivity contribution is 0.317. The van der Waals surface area contributed by atoms with Crippen molar-refractivity contribution in [1.29, 1.82) is 0 Å². The predicted octanol–water partition coefficient (Wildman–Crippen LogP) is 3.48. The summed E-state index contributed by atoms with van der Waals surface area (Å²) in [4.78, 5) is 0. The summed E-state index contributed by atoms with van der Waals surface area (Å²) in [5.74, 6) is 2.57. The van der Waals surface area contributed by atoms with Gasteiger partial charge in [-0.3, -0.25) is 0 Å². The van der Waals surface area contributed by atoms with Crippen molar-refractivity contribution in [3.05, 3.63) is 48.5 Å². The molecule has 0 aliphatic rings. The van der Waals surface area contributed by atoms with Crippen LogP contribution in [0.3, 0.4) is 0 Å². The molecule has 0 atom stereocenters. The van der Waals surface area contributed by atoms with Crippen molar-refractivity contribution < 1.29 is 18.8 Å². The Morgan fingerprint density at radius 1 is 0.667 bits per heavy atom. The molecular formula is C16H18BO4. The zero-order valence-corrected chi connectivity index (χ0v) is 12.2. The highest BCUT2D eigenvalue weighted by molar-refractivity contribution is 6.21. The molecule has 109 valence electrons. The molecule has 0 unspecified atom stereocenters. The molecule has 5 heteroatoms. The molecule has 0 fully saturated rings. The average molecular weight is 285 g/mol. The molecule has 0 amide bonds. The van der Waals surface area contributed by atoms with Crippen molar-refractivity contribution in [3.63, 3.8) is 0 Å². The number of ether oxygens (including phenoxy) is 2. The normalized spacial score (nSPS) is 9.81. The first-order chi connectivity index (χ1) is 10.3. The Morgan fingerprint density at radius 3 is 1.43 bits per heavy atom. The summed E-state index contributed by atoms with van der Waals surface area (Å²) in [6.45, 7) is 5.01. The summed E-state index contributed by atoms with van der Waals surface area (Å²) >= 11 is 0. The molecule has 0 aliphatic carbocycles. The molecule has 0 bridgehead atoms. The van der Waals surface area contributed by atoms with E-state index in [1.165, 1.54) is 7.69 Å². The summed E-state index contributed by atoms with van der Waals surface area (Å²) in [6, 6.07) is 14.9. The molecule has 0 saturated heterocycles. The van der Waals surface area contributed by atoms with E-state index in [0.29, 0.717) is 36.2 Å². The maximum Gasteiger partial charge on any atom is 0.658 e. The quantitative estimate of drug-likeness (QED) is 0.696. The molecular weight excluding hydrogens is 267 g/mol. The smallest absolute Gasteiger partial charge is 0.524 e. The van der Waals surface area contributed by atoms with Crippen LogP contribution in [0.25, 0.3) is 0 Å². The molecule has 0 N–H and O–H groups in total. The molecule has 0 spiro atoms. The van der Waals surface area contributed by atoms with Gasteiger partial charge in [-0.25, -0.2) is 0 Å². The zero-order chi connectivity index (χ0) is 14.9. The van der Waals surface area contributed by atoms with Gasteiger partial charge in [0.2, 0.25) is 0 Å². The van der Waals surface area contributed by atoms with Crippen molar-refractivity contribution >= 4 is 7.69 Å². The van der Waals surface area contributed by atoms with Gasteiger partial charge in [-0.2, -0.15) is 0 Å². The molecule has 2 aromatic carbocycles. The van der Waals surface area contributed by atoms with Crippen LogP contribution in [-0.4, -0.2) is 20.9 Å². The number of benzene rings is 2. The second-order valence-electron chi connectivity index (χ2n) is 4.09. The molecule has 4 nitrogen and oxygen atoms in total. The lowest BCUT2D eigenvalue weighted by Gasteiger charge is -2.13. The van der Waals surface area contributed by atoms with Gasteiger partial charge >= 0.3 is 7.69 Å². The molecule has 0 aliphatic heterocycles. The Balaban J connectivity index is 1.95. The molecule has 0 aromatic heterocycles. The average Bonchev–Trinajstić information content (AvgIpc) is 2.51. The van der Waals surface area contributed by atoms with Crippen LogP contribution in [0.2, 0.25) is 0 Å². The fourth-order valence-corrected chi connectivity index (χ4v) is 1.77. The van der Waals surface area contributed by atoms with Gasteiger partial charge in [0.25, 0.3) is 0 Å². The Labute approximate surface area is 125 Å². The van der Waals surface area contributed by atoms with Gasteiger partial charge in [0.1, 0.15) is 11.5 Å². The first-order valence-electron chi connectivity index (χ1n) is 6.93. The van der Waals surface area contributed by atoms with E-state index >= 15 is 0 Å². The molecule has 2 aromatic rings. The van der Waals surface area contributed by atoms with E-state index in [9.17, 15) is 0 Å². The second kappa shape index (κ2) is 8.09. The van der Waals surface area contributed by atoms with Gasteiger partial charge in [0.15, 0.2) is 11.5 Å². The monoisotopic (exact) mass is 285 g/mol. The standard InChI is InChI=1S/C16H18BO4/c1-3-18-13-9-5-7-11-15(13)20-17-21-16-12-8-6-10-14(16)19-4-2/h5-12H,3-4H2,1-2H3. The summed E-state index contributed by atoms with van der Waals surface area (Å²) in [5, 5.41) is 0. The van der Waals surface area contributed by atoms with Crippen LogP contribution in [-0.2, 0) is 0 Å². The van der Waals surface area contributed by atoms with E-state index in [2.05, 4.69) is 0 Å². The zero-order valence-electron chi connectivity index (χ0n) is 12.2. The highest BCUT2D eigenvalue weighted by Gasteiger charge is 2.09. The van der Waals surface area contributed by atoms with Crippen molar-refractivity contribution in [2.24, 2.45) is 0 Å². The van der Waals surface area contributed by atoms with Gasteiger partial charge in [-0.15, -0.1) is 0 Å². The van der Waals surface area contributed by atoms with Crippen molar-refractivity contribution in [3.8, 4) is 23.0 Å². The molecule has 0 saturated carbocycles. The second-order valence-corrected chi connectivity index (χ2v) is 4.09. The minimum absolute atomic E-state index is 0.578. The molecule has 2 rings (SSSR count). The van der Waals surface area contributed by atoms with Crippen molar-refractivity contribution in [2.75, 3.05) is 13.2 Å². The van der Waals surface area contributed by atoms with Crippen molar-refractivity contribution in [2.45, 2.75) is 13.8 Å². The van der Waals surface area contributed by atoms with Crippen LogP contribution in [0, 0.1) is 0 Å². The topological polar surface area (TPSA) is 36.9 Å². The highest BCUT2D eigenvalue weighted by atomic mass is 16.6.